The molecule has 0 atom stereocenters. The molecule has 2 heterocycles. The van der Waals surface area contributed by atoms with Crippen molar-refractivity contribution >= 4 is 17.0 Å². The van der Waals surface area contributed by atoms with Crippen LogP contribution in [-0.2, 0) is 0 Å². The highest BCUT2D eigenvalue weighted by Crippen LogP contribution is 2.25. The van der Waals surface area contributed by atoms with Gasteiger partial charge < -0.3 is 0 Å². The van der Waals surface area contributed by atoms with Gasteiger partial charge in [0.1, 0.15) is 6.20 Å². The molecule has 0 aromatic carbocycles. The maximum absolute atomic E-state index is 10.6. The van der Waals surface area contributed by atoms with Crippen molar-refractivity contribution in [1.82, 2.24) is 9.97 Å². The van der Waals surface area contributed by atoms with E-state index < -0.39 is 4.92 Å². The molecule has 0 saturated heterocycles. The molecule has 0 fully saturated rings. The van der Waals surface area contributed by atoms with Gasteiger partial charge in [0.15, 0.2) is 0 Å². The van der Waals surface area contributed by atoms with Crippen LogP contribution >= 0.6 is 11.3 Å². The van der Waals surface area contributed by atoms with E-state index in [4.69, 9.17) is 0 Å². The molecule has 0 spiro atoms. The first-order valence-electron chi connectivity index (χ1n) is 4.18. The molecule has 0 saturated carbocycles. The summed E-state index contributed by atoms with van der Waals surface area (Å²) in [5, 5.41) is 10.6. The predicted octanol–water partition coefficient (Wildman–Crippen LogP) is 2.42. The lowest BCUT2D eigenvalue weighted by Gasteiger charge is -1.99. The van der Waals surface area contributed by atoms with E-state index in [1.54, 1.807) is 24.7 Å². The highest BCUT2D eigenvalue weighted by atomic mass is 32.1. The molecule has 0 bridgehead atoms. The SMILES string of the molecule is Cc1cc(-c2cncs2)ncc1[N+](=O)[O-]. The predicted molar refractivity (Wildman–Crippen MR) is 56.7 cm³/mol. The zero-order valence-corrected chi connectivity index (χ0v) is 8.69. The van der Waals surface area contributed by atoms with E-state index in [1.165, 1.54) is 17.5 Å². The van der Waals surface area contributed by atoms with E-state index >= 15 is 0 Å². The van der Waals surface area contributed by atoms with Gasteiger partial charge in [-0.1, -0.05) is 0 Å². The topological polar surface area (TPSA) is 68.9 Å². The maximum atomic E-state index is 10.6. The summed E-state index contributed by atoms with van der Waals surface area (Å²) in [6, 6.07) is 1.70. The van der Waals surface area contributed by atoms with Crippen molar-refractivity contribution in [1.29, 1.82) is 0 Å². The normalized spacial score (nSPS) is 10.2. The van der Waals surface area contributed by atoms with Crippen LogP contribution in [0.3, 0.4) is 0 Å². The van der Waals surface area contributed by atoms with Crippen LogP contribution in [0, 0.1) is 17.0 Å². The fourth-order valence-electron chi connectivity index (χ4n) is 1.22. The van der Waals surface area contributed by atoms with Crippen molar-refractivity contribution in [2.24, 2.45) is 0 Å². The second-order valence-electron chi connectivity index (χ2n) is 2.98. The van der Waals surface area contributed by atoms with Crippen LogP contribution in [0.25, 0.3) is 10.6 Å². The lowest BCUT2D eigenvalue weighted by atomic mass is 10.2. The molecule has 15 heavy (non-hydrogen) atoms. The number of aromatic nitrogens is 2. The van der Waals surface area contributed by atoms with Crippen molar-refractivity contribution < 1.29 is 4.92 Å². The molecule has 0 radical (unpaired) electrons. The Balaban J connectivity index is 2.47. The summed E-state index contributed by atoms with van der Waals surface area (Å²) in [5.41, 5.74) is 3.08. The standard InChI is InChI=1S/C9H7N3O2S/c1-6-2-7(9-4-10-5-15-9)11-3-8(6)12(13)14/h2-5H,1H3. The first-order valence-corrected chi connectivity index (χ1v) is 5.06. The van der Waals surface area contributed by atoms with E-state index in [2.05, 4.69) is 9.97 Å². The summed E-state index contributed by atoms with van der Waals surface area (Å²) in [4.78, 5) is 19.0. The van der Waals surface area contributed by atoms with Crippen molar-refractivity contribution in [2.75, 3.05) is 0 Å². The zero-order valence-electron chi connectivity index (χ0n) is 7.88. The average molecular weight is 221 g/mol. The maximum Gasteiger partial charge on any atom is 0.290 e. The van der Waals surface area contributed by atoms with Gasteiger partial charge in [-0.2, -0.15) is 0 Å². The number of nitro groups is 1. The van der Waals surface area contributed by atoms with Crippen LogP contribution in [0.4, 0.5) is 5.69 Å². The molecular weight excluding hydrogens is 214 g/mol. The molecule has 0 N–H and O–H groups in total. The number of hydrogen-bond donors (Lipinski definition) is 0. The van der Waals surface area contributed by atoms with Gasteiger partial charge in [-0.3, -0.25) is 15.1 Å². The lowest BCUT2D eigenvalue weighted by Crippen LogP contribution is -1.93. The number of nitrogens with zero attached hydrogens (tertiary/aromatic N) is 3. The third kappa shape index (κ3) is 1.84. The van der Waals surface area contributed by atoms with E-state index in [1.807, 2.05) is 0 Å². The molecule has 2 aromatic rings. The average Bonchev–Trinajstić information content (AvgIpc) is 2.69. The second-order valence-corrected chi connectivity index (χ2v) is 3.87. The van der Waals surface area contributed by atoms with Gasteiger partial charge in [0.05, 0.1) is 21.0 Å². The van der Waals surface area contributed by atoms with Crippen LogP contribution < -0.4 is 0 Å². The Morgan fingerprint density at radius 2 is 2.27 bits per heavy atom. The first kappa shape index (κ1) is 9.72. The number of thiazole rings is 1. The number of rotatable bonds is 2. The molecule has 6 heteroatoms. The monoisotopic (exact) mass is 221 g/mol. The van der Waals surface area contributed by atoms with Gasteiger partial charge in [0.2, 0.25) is 0 Å². The summed E-state index contributed by atoms with van der Waals surface area (Å²) in [6.45, 7) is 1.70. The highest BCUT2D eigenvalue weighted by Gasteiger charge is 2.12. The largest absolute Gasteiger partial charge is 0.290 e. The number of hydrogen-bond acceptors (Lipinski definition) is 5. The molecule has 76 valence electrons. The van der Waals surface area contributed by atoms with Crippen molar-refractivity contribution in [3.8, 4) is 10.6 Å². The summed E-state index contributed by atoms with van der Waals surface area (Å²) in [6.07, 6.45) is 2.97. The minimum atomic E-state index is -0.432. The first-order chi connectivity index (χ1) is 7.18. The molecule has 0 aliphatic rings. The van der Waals surface area contributed by atoms with E-state index in [9.17, 15) is 10.1 Å². The van der Waals surface area contributed by atoms with Crippen LogP contribution in [0.5, 0.6) is 0 Å². The molecular formula is C9H7N3O2S. The summed E-state index contributed by atoms with van der Waals surface area (Å²) < 4.78 is 0. The quantitative estimate of drug-likeness (QED) is 0.576. The summed E-state index contributed by atoms with van der Waals surface area (Å²) in [7, 11) is 0. The van der Waals surface area contributed by atoms with Crippen LogP contribution in [0.1, 0.15) is 5.56 Å². The third-order valence-electron chi connectivity index (χ3n) is 1.96. The Morgan fingerprint density at radius 1 is 1.47 bits per heavy atom. The smallest absolute Gasteiger partial charge is 0.258 e. The minimum absolute atomic E-state index is 0.0447. The Bertz CT molecular complexity index is 496. The van der Waals surface area contributed by atoms with Gasteiger partial charge in [-0.05, 0) is 13.0 Å². The Labute approximate surface area is 89.6 Å². The van der Waals surface area contributed by atoms with Crippen molar-refractivity contribution in [2.45, 2.75) is 6.92 Å². The third-order valence-corrected chi connectivity index (χ3v) is 2.76. The van der Waals surface area contributed by atoms with E-state index in [0.29, 0.717) is 5.56 Å². The Kier molecular flexibility index (Phi) is 2.42. The van der Waals surface area contributed by atoms with Gasteiger partial charge in [-0.25, -0.2) is 4.98 Å². The number of aryl methyl sites for hydroxylation is 1. The molecule has 0 aliphatic carbocycles. The fraction of sp³-hybridized carbons (Fsp3) is 0.111. The molecule has 2 rings (SSSR count). The zero-order chi connectivity index (χ0) is 10.8. The van der Waals surface area contributed by atoms with E-state index in [0.717, 1.165) is 10.6 Å². The van der Waals surface area contributed by atoms with E-state index in [-0.39, 0.29) is 5.69 Å². The van der Waals surface area contributed by atoms with Gasteiger partial charge in [0.25, 0.3) is 5.69 Å². The highest BCUT2D eigenvalue weighted by molar-refractivity contribution is 7.13. The Morgan fingerprint density at radius 3 is 2.80 bits per heavy atom. The molecule has 0 amide bonds. The van der Waals surface area contributed by atoms with Gasteiger partial charge in [-0.15, -0.1) is 11.3 Å². The minimum Gasteiger partial charge on any atom is -0.258 e. The van der Waals surface area contributed by atoms with Crippen molar-refractivity contribution in [3.63, 3.8) is 0 Å². The molecule has 2 aromatic heterocycles. The summed E-state index contributed by atoms with van der Waals surface area (Å²) >= 11 is 1.46. The van der Waals surface area contributed by atoms with Crippen LogP contribution in [-0.4, -0.2) is 14.9 Å². The molecule has 5 nitrogen and oxygen atoms in total. The molecule has 0 unspecified atom stereocenters. The lowest BCUT2D eigenvalue weighted by molar-refractivity contribution is -0.385. The van der Waals surface area contributed by atoms with Gasteiger partial charge >= 0.3 is 0 Å². The van der Waals surface area contributed by atoms with Crippen LogP contribution in [0.2, 0.25) is 0 Å². The Hall–Kier alpha value is -1.82. The fourth-order valence-corrected chi connectivity index (χ4v) is 1.81. The number of pyridine rings is 1. The van der Waals surface area contributed by atoms with Crippen LogP contribution in [0.15, 0.2) is 24.0 Å². The van der Waals surface area contributed by atoms with Gasteiger partial charge in [0, 0.05) is 11.8 Å². The summed E-state index contributed by atoms with van der Waals surface area (Å²) in [5.74, 6) is 0. The molecule has 0 aliphatic heterocycles. The van der Waals surface area contributed by atoms with Crippen molar-refractivity contribution in [3.05, 3.63) is 39.6 Å². The second kappa shape index (κ2) is 3.74.